The van der Waals surface area contributed by atoms with E-state index in [1.54, 1.807) is 45.0 Å². The van der Waals surface area contributed by atoms with Crippen molar-refractivity contribution in [2.45, 2.75) is 20.8 Å². The van der Waals surface area contributed by atoms with Gasteiger partial charge in [0, 0.05) is 16.9 Å². The van der Waals surface area contributed by atoms with Crippen LogP contribution in [-0.4, -0.2) is 24.2 Å². The van der Waals surface area contributed by atoms with E-state index in [2.05, 4.69) is 0 Å². The van der Waals surface area contributed by atoms with E-state index in [9.17, 15) is 9.59 Å². The Hall–Kier alpha value is -1.35. The van der Waals surface area contributed by atoms with E-state index in [0.29, 0.717) is 17.7 Å². The fraction of sp³-hybridized carbons (Fsp3) is 0.429. The maximum atomic E-state index is 12.1. The Morgan fingerprint density at radius 3 is 2.11 bits per heavy atom. The summed E-state index contributed by atoms with van der Waals surface area (Å²) >= 11 is 5.77. The van der Waals surface area contributed by atoms with Crippen LogP contribution in [0.3, 0.4) is 0 Å². The zero-order valence-corrected chi connectivity index (χ0v) is 11.6. The number of esters is 1. The third kappa shape index (κ3) is 3.33. The Morgan fingerprint density at radius 1 is 1.17 bits per heavy atom. The van der Waals surface area contributed by atoms with Crippen LogP contribution in [0.5, 0.6) is 0 Å². The van der Waals surface area contributed by atoms with Gasteiger partial charge >= 0.3 is 5.97 Å². The molecule has 0 saturated heterocycles. The molecule has 0 bridgehead atoms. The number of Topliss-reactive ketones (excluding diaryl/α,β-unsaturated/α-hetero) is 1. The van der Waals surface area contributed by atoms with Gasteiger partial charge in [0.05, 0.1) is 12.2 Å². The van der Waals surface area contributed by atoms with Gasteiger partial charge in [-0.05, 0) is 19.1 Å². The number of carbonyl (C=O) groups is 2. The first kappa shape index (κ1) is 14.7. The van der Waals surface area contributed by atoms with Crippen LogP contribution in [0.15, 0.2) is 24.3 Å². The van der Waals surface area contributed by atoms with Crippen molar-refractivity contribution >= 4 is 23.4 Å². The van der Waals surface area contributed by atoms with Crippen LogP contribution >= 0.6 is 11.6 Å². The molecule has 0 aromatic heterocycles. The summed E-state index contributed by atoms with van der Waals surface area (Å²) in [7, 11) is 0. The second-order valence-electron chi connectivity index (χ2n) is 4.64. The fourth-order valence-electron chi connectivity index (χ4n) is 1.42. The van der Waals surface area contributed by atoms with Crippen molar-refractivity contribution in [3.63, 3.8) is 0 Å². The molecule has 0 amide bonds. The first-order valence-electron chi connectivity index (χ1n) is 5.80. The van der Waals surface area contributed by atoms with Crippen LogP contribution in [0, 0.1) is 5.41 Å². The lowest BCUT2D eigenvalue weighted by molar-refractivity contribution is 0.0526. The van der Waals surface area contributed by atoms with E-state index in [4.69, 9.17) is 16.3 Å². The molecule has 18 heavy (non-hydrogen) atoms. The highest BCUT2D eigenvalue weighted by atomic mass is 35.5. The van der Waals surface area contributed by atoms with E-state index in [0.717, 1.165) is 0 Å². The number of benzene rings is 1. The third-order valence-corrected chi connectivity index (χ3v) is 3.28. The van der Waals surface area contributed by atoms with Crippen molar-refractivity contribution < 1.29 is 14.3 Å². The Bertz CT molecular complexity index is 435. The summed E-state index contributed by atoms with van der Waals surface area (Å²) in [5.41, 5.74) is 0.387. The summed E-state index contributed by atoms with van der Waals surface area (Å²) in [5, 5.41) is 0. The van der Waals surface area contributed by atoms with Crippen molar-refractivity contribution in [1.82, 2.24) is 0 Å². The van der Waals surface area contributed by atoms with E-state index in [1.807, 2.05) is 0 Å². The number of hydrogen-bond acceptors (Lipinski definition) is 3. The number of alkyl halides is 1. The molecule has 1 rings (SSSR count). The van der Waals surface area contributed by atoms with Crippen molar-refractivity contribution in [2.75, 3.05) is 12.5 Å². The van der Waals surface area contributed by atoms with Gasteiger partial charge in [-0.3, -0.25) is 4.79 Å². The molecule has 0 spiro atoms. The number of carbonyl (C=O) groups excluding carboxylic acids is 2. The van der Waals surface area contributed by atoms with Gasteiger partial charge in [0.15, 0.2) is 5.78 Å². The largest absolute Gasteiger partial charge is 0.462 e. The molecule has 1 aromatic carbocycles. The molecule has 0 radical (unpaired) electrons. The van der Waals surface area contributed by atoms with Crippen LogP contribution in [-0.2, 0) is 4.74 Å². The lowest BCUT2D eigenvalue weighted by Crippen LogP contribution is -2.26. The second-order valence-corrected chi connectivity index (χ2v) is 4.91. The smallest absolute Gasteiger partial charge is 0.338 e. The lowest BCUT2D eigenvalue weighted by Gasteiger charge is -2.19. The number of halogens is 1. The van der Waals surface area contributed by atoms with E-state index in [1.165, 1.54) is 0 Å². The minimum absolute atomic E-state index is 0.0343. The van der Waals surface area contributed by atoms with E-state index in [-0.39, 0.29) is 17.6 Å². The molecule has 0 saturated carbocycles. The topological polar surface area (TPSA) is 43.4 Å². The minimum atomic E-state index is -0.604. The predicted molar refractivity (Wildman–Crippen MR) is 71.2 cm³/mol. The SMILES string of the molecule is CCOC(=O)c1ccc(C(=O)C(C)(C)CCl)cc1. The molecule has 0 aliphatic carbocycles. The quantitative estimate of drug-likeness (QED) is 0.467. The maximum Gasteiger partial charge on any atom is 0.338 e. The number of rotatable bonds is 5. The van der Waals surface area contributed by atoms with E-state index >= 15 is 0 Å². The van der Waals surface area contributed by atoms with Crippen LogP contribution in [0.2, 0.25) is 0 Å². The van der Waals surface area contributed by atoms with Gasteiger partial charge in [0.25, 0.3) is 0 Å². The molecule has 0 aliphatic heterocycles. The molecule has 3 nitrogen and oxygen atoms in total. The highest BCUT2D eigenvalue weighted by Gasteiger charge is 2.27. The monoisotopic (exact) mass is 268 g/mol. The van der Waals surface area contributed by atoms with Gasteiger partial charge in [-0.1, -0.05) is 26.0 Å². The predicted octanol–water partition coefficient (Wildman–Crippen LogP) is 3.31. The molecular formula is C14H17ClO3. The Morgan fingerprint density at radius 2 is 1.67 bits per heavy atom. The van der Waals surface area contributed by atoms with Gasteiger partial charge in [-0.15, -0.1) is 11.6 Å². The van der Waals surface area contributed by atoms with Crippen LogP contribution in [0.25, 0.3) is 0 Å². The summed E-state index contributed by atoms with van der Waals surface area (Å²) in [6, 6.07) is 6.44. The summed E-state index contributed by atoms with van der Waals surface area (Å²) in [6.07, 6.45) is 0. The first-order chi connectivity index (χ1) is 8.42. The normalized spacial score (nSPS) is 11.1. The maximum absolute atomic E-state index is 12.1. The van der Waals surface area contributed by atoms with Crippen LogP contribution in [0.4, 0.5) is 0 Å². The Labute approximate surface area is 112 Å². The summed E-state index contributed by atoms with van der Waals surface area (Å²) in [5.74, 6) is -0.160. The molecule has 0 N–H and O–H groups in total. The molecule has 0 unspecified atom stereocenters. The van der Waals surface area contributed by atoms with Gasteiger partial charge < -0.3 is 4.74 Å². The number of hydrogen-bond donors (Lipinski definition) is 0. The van der Waals surface area contributed by atoms with Gasteiger partial charge in [-0.25, -0.2) is 4.79 Å². The summed E-state index contributed by atoms with van der Waals surface area (Å²) in [4.78, 5) is 23.6. The van der Waals surface area contributed by atoms with E-state index < -0.39 is 5.41 Å². The van der Waals surface area contributed by atoms with Gasteiger partial charge in [-0.2, -0.15) is 0 Å². The lowest BCUT2D eigenvalue weighted by atomic mass is 9.86. The summed E-state index contributed by atoms with van der Waals surface area (Å²) < 4.78 is 4.87. The number of ketones is 1. The first-order valence-corrected chi connectivity index (χ1v) is 6.33. The highest BCUT2D eigenvalue weighted by molar-refractivity contribution is 6.21. The molecule has 1 aromatic rings. The van der Waals surface area contributed by atoms with Crippen molar-refractivity contribution in [2.24, 2.45) is 5.41 Å². The average molecular weight is 269 g/mol. The highest BCUT2D eigenvalue weighted by Crippen LogP contribution is 2.23. The van der Waals surface area contributed by atoms with Crippen LogP contribution in [0.1, 0.15) is 41.5 Å². The Kier molecular flexibility index (Phi) is 4.91. The fourth-order valence-corrected chi connectivity index (χ4v) is 1.54. The molecule has 0 atom stereocenters. The van der Waals surface area contributed by atoms with Crippen molar-refractivity contribution in [3.05, 3.63) is 35.4 Å². The molecule has 0 aliphatic rings. The second kappa shape index (κ2) is 6.01. The van der Waals surface area contributed by atoms with Crippen molar-refractivity contribution in [3.8, 4) is 0 Å². The van der Waals surface area contributed by atoms with Gasteiger partial charge in [0.2, 0.25) is 0 Å². The zero-order valence-electron chi connectivity index (χ0n) is 10.8. The standard InChI is InChI=1S/C14H17ClO3/c1-4-18-13(17)11-7-5-10(6-8-11)12(16)14(2,3)9-15/h5-8H,4,9H2,1-3H3. The minimum Gasteiger partial charge on any atom is -0.462 e. The number of ether oxygens (including phenoxy) is 1. The molecule has 0 heterocycles. The zero-order chi connectivity index (χ0) is 13.8. The average Bonchev–Trinajstić information content (AvgIpc) is 2.38. The van der Waals surface area contributed by atoms with Crippen molar-refractivity contribution in [1.29, 1.82) is 0 Å². The summed E-state index contributed by atoms with van der Waals surface area (Å²) in [6.45, 7) is 5.67. The van der Waals surface area contributed by atoms with Gasteiger partial charge in [0.1, 0.15) is 0 Å². The molecule has 4 heteroatoms. The Balaban J connectivity index is 2.90. The molecular weight excluding hydrogens is 252 g/mol. The molecule has 98 valence electrons. The third-order valence-electron chi connectivity index (χ3n) is 2.61. The van der Waals surface area contributed by atoms with Crippen LogP contribution < -0.4 is 0 Å². The molecule has 0 fully saturated rings.